The van der Waals surface area contributed by atoms with E-state index >= 15 is 0 Å². The first kappa shape index (κ1) is 18.7. The molecule has 0 aliphatic carbocycles. The van der Waals surface area contributed by atoms with Crippen LogP contribution in [0.1, 0.15) is 15.9 Å². The molecule has 0 fully saturated rings. The van der Waals surface area contributed by atoms with Crippen LogP contribution >= 0.6 is 15.9 Å². The van der Waals surface area contributed by atoms with Gasteiger partial charge in [0.25, 0.3) is 11.8 Å². The molecule has 2 aromatic rings. The SMILES string of the molecule is O=C(COc1cccc(C(F)(F)F)c1)NNC(=O)c1cncc(Br)c1. The fourth-order valence-electron chi connectivity index (χ4n) is 1.68. The molecule has 2 amide bonds. The highest BCUT2D eigenvalue weighted by atomic mass is 79.9. The maximum Gasteiger partial charge on any atom is 0.416 e. The van der Waals surface area contributed by atoms with Crippen LogP contribution in [0.25, 0.3) is 0 Å². The summed E-state index contributed by atoms with van der Waals surface area (Å²) in [7, 11) is 0. The fourth-order valence-corrected chi connectivity index (χ4v) is 2.05. The molecule has 2 rings (SSSR count). The van der Waals surface area contributed by atoms with Crippen LogP contribution in [-0.2, 0) is 11.0 Å². The minimum atomic E-state index is -4.51. The first-order chi connectivity index (χ1) is 11.8. The van der Waals surface area contributed by atoms with Gasteiger partial charge in [-0.3, -0.25) is 25.4 Å². The Kier molecular flexibility index (Phi) is 5.97. The predicted octanol–water partition coefficient (Wildman–Crippen LogP) is 2.70. The van der Waals surface area contributed by atoms with E-state index in [9.17, 15) is 22.8 Å². The number of hydrazine groups is 1. The van der Waals surface area contributed by atoms with E-state index in [4.69, 9.17) is 4.74 Å². The summed E-state index contributed by atoms with van der Waals surface area (Å²) in [5.74, 6) is -1.47. The van der Waals surface area contributed by atoms with Gasteiger partial charge in [0.15, 0.2) is 6.61 Å². The molecule has 25 heavy (non-hydrogen) atoms. The molecule has 0 radical (unpaired) electrons. The lowest BCUT2D eigenvalue weighted by Crippen LogP contribution is -2.43. The first-order valence-electron chi connectivity index (χ1n) is 6.75. The molecule has 6 nitrogen and oxygen atoms in total. The third-order valence-corrected chi connectivity index (χ3v) is 3.25. The van der Waals surface area contributed by atoms with Crippen LogP contribution < -0.4 is 15.6 Å². The summed E-state index contributed by atoms with van der Waals surface area (Å²) >= 11 is 3.15. The van der Waals surface area contributed by atoms with Gasteiger partial charge in [-0.15, -0.1) is 0 Å². The number of nitrogens with zero attached hydrogens (tertiary/aromatic N) is 1. The number of ether oxygens (including phenoxy) is 1. The van der Waals surface area contributed by atoms with Gasteiger partial charge < -0.3 is 4.74 Å². The van der Waals surface area contributed by atoms with Crippen LogP contribution in [0.5, 0.6) is 5.75 Å². The molecule has 0 unspecified atom stereocenters. The predicted molar refractivity (Wildman–Crippen MR) is 84.5 cm³/mol. The summed E-state index contributed by atoms with van der Waals surface area (Å²) in [5, 5.41) is 0. The number of nitrogens with one attached hydrogen (secondary N) is 2. The topological polar surface area (TPSA) is 80.3 Å². The molecular formula is C15H11BrF3N3O3. The van der Waals surface area contributed by atoms with E-state index < -0.39 is 30.2 Å². The van der Waals surface area contributed by atoms with E-state index in [1.807, 2.05) is 0 Å². The van der Waals surface area contributed by atoms with Gasteiger partial charge in [-0.2, -0.15) is 13.2 Å². The number of carbonyl (C=O) groups excluding carboxylic acids is 2. The van der Waals surface area contributed by atoms with Gasteiger partial charge in [-0.25, -0.2) is 0 Å². The summed E-state index contributed by atoms with van der Waals surface area (Å²) in [6.45, 7) is -0.571. The second kappa shape index (κ2) is 7.97. The van der Waals surface area contributed by atoms with Crippen molar-refractivity contribution in [1.29, 1.82) is 0 Å². The van der Waals surface area contributed by atoms with Crippen molar-refractivity contribution >= 4 is 27.7 Å². The Balaban J connectivity index is 1.84. The molecule has 10 heteroatoms. The number of rotatable bonds is 4. The van der Waals surface area contributed by atoms with E-state index in [1.54, 1.807) is 0 Å². The molecule has 0 spiro atoms. The van der Waals surface area contributed by atoms with Crippen LogP contribution in [0.3, 0.4) is 0 Å². The Bertz CT molecular complexity index is 784. The molecule has 1 aromatic heterocycles. The summed E-state index contributed by atoms with van der Waals surface area (Å²) in [6.07, 6.45) is -1.72. The van der Waals surface area contributed by atoms with Crippen LogP contribution in [0.2, 0.25) is 0 Å². The summed E-state index contributed by atoms with van der Waals surface area (Å²) in [6, 6.07) is 5.61. The summed E-state index contributed by atoms with van der Waals surface area (Å²) in [4.78, 5) is 27.2. The average molecular weight is 418 g/mol. The Morgan fingerprint density at radius 3 is 2.60 bits per heavy atom. The third kappa shape index (κ3) is 5.75. The van der Waals surface area contributed by atoms with Gasteiger partial charge in [0.2, 0.25) is 0 Å². The van der Waals surface area contributed by atoms with Crippen molar-refractivity contribution in [2.45, 2.75) is 6.18 Å². The van der Waals surface area contributed by atoms with Crippen molar-refractivity contribution in [3.05, 3.63) is 58.3 Å². The Hall–Kier alpha value is -2.62. The minimum Gasteiger partial charge on any atom is -0.484 e. The number of hydrogen-bond acceptors (Lipinski definition) is 4. The molecule has 1 heterocycles. The first-order valence-corrected chi connectivity index (χ1v) is 7.55. The molecule has 2 N–H and O–H groups in total. The molecule has 0 saturated carbocycles. The third-order valence-electron chi connectivity index (χ3n) is 2.81. The zero-order valence-corrected chi connectivity index (χ0v) is 14.0. The van der Waals surface area contributed by atoms with Crippen molar-refractivity contribution in [3.8, 4) is 5.75 Å². The molecular weight excluding hydrogens is 407 g/mol. The van der Waals surface area contributed by atoms with E-state index in [1.165, 1.54) is 24.5 Å². The zero-order valence-electron chi connectivity index (χ0n) is 12.4. The maximum absolute atomic E-state index is 12.6. The number of pyridine rings is 1. The highest BCUT2D eigenvalue weighted by molar-refractivity contribution is 9.10. The fraction of sp³-hybridized carbons (Fsp3) is 0.133. The highest BCUT2D eigenvalue weighted by Gasteiger charge is 2.30. The molecule has 0 bridgehead atoms. The largest absolute Gasteiger partial charge is 0.484 e. The molecule has 132 valence electrons. The molecule has 0 atom stereocenters. The van der Waals surface area contributed by atoms with Crippen LogP contribution in [0, 0.1) is 0 Å². The number of alkyl halides is 3. The van der Waals surface area contributed by atoms with Crippen LogP contribution in [-0.4, -0.2) is 23.4 Å². The van der Waals surface area contributed by atoms with E-state index in [2.05, 4.69) is 31.8 Å². The van der Waals surface area contributed by atoms with Crippen molar-refractivity contribution < 1.29 is 27.5 Å². The van der Waals surface area contributed by atoms with Gasteiger partial charge >= 0.3 is 6.18 Å². The monoisotopic (exact) mass is 417 g/mol. The second-order valence-corrected chi connectivity index (χ2v) is 5.62. The van der Waals surface area contributed by atoms with E-state index in [-0.39, 0.29) is 11.3 Å². The lowest BCUT2D eigenvalue weighted by molar-refractivity contribution is -0.137. The van der Waals surface area contributed by atoms with Gasteiger partial charge in [0.05, 0.1) is 11.1 Å². The lowest BCUT2D eigenvalue weighted by Gasteiger charge is -2.11. The zero-order chi connectivity index (χ0) is 18.4. The maximum atomic E-state index is 12.6. The molecule has 0 aliphatic heterocycles. The van der Waals surface area contributed by atoms with Crippen molar-refractivity contribution in [2.75, 3.05) is 6.61 Å². The number of carbonyl (C=O) groups is 2. The lowest BCUT2D eigenvalue weighted by atomic mass is 10.2. The summed E-state index contributed by atoms with van der Waals surface area (Å²) in [5.41, 5.74) is 3.54. The Morgan fingerprint density at radius 2 is 1.92 bits per heavy atom. The molecule has 1 aromatic carbocycles. The van der Waals surface area contributed by atoms with Gasteiger partial charge in [-0.05, 0) is 40.2 Å². The number of aromatic nitrogens is 1. The van der Waals surface area contributed by atoms with Crippen molar-refractivity contribution in [1.82, 2.24) is 15.8 Å². The Morgan fingerprint density at radius 1 is 1.16 bits per heavy atom. The standard InChI is InChI=1S/C15H11BrF3N3O3/c16-11-4-9(6-20-7-11)14(24)22-21-13(23)8-25-12-3-1-2-10(5-12)15(17,18)19/h1-7H,8H2,(H,21,23)(H,22,24). The normalized spacial score (nSPS) is 10.9. The number of amides is 2. The van der Waals surface area contributed by atoms with Gasteiger partial charge in [-0.1, -0.05) is 6.07 Å². The van der Waals surface area contributed by atoms with Gasteiger partial charge in [0.1, 0.15) is 5.75 Å². The van der Waals surface area contributed by atoms with Crippen LogP contribution in [0.4, 0.5) is 13.2 Å². The second-order valence-electron chi connectivity index (χ2n) is 4.71. The quantitative estimate of drug-likeness (QED) is 0.749. The van der Waals surface area contributed by atoms with Crippen LogP contribution in [0.15, 0.2) is 47.2 Å². The van der Waals surface area contributed by atoms with Crippen molar-refractivity contribution in [2.24, 2.45) is 0 Å². The highest BCUT2D eigenvalue weighted by Crippen LogP contribution is 2.31. The van der Waals surface area contributed by atoms with E-state index in [0.29, 0.717) is 4.47 Å². The van der Waals surface area contributed by atoms with Crippen molar-refractivity contribution in [3.63, 3.8) is 0 Å². The number of hydrogen-bond donors (Lipinski definition) is 2. The molecule has 0 aliphatic rings. The van der Waals surface area contributed by atoms with E-state index in [0.717, 1.165) is 18.2 Å². The minimum absolute atomic E-state index is 0.118. The summed E-state index contributed by atoms with van der Waals surface area (Å²) < 4.78 is 43.3. The average Bonchev–Trinajstić information content (AvgIpc) is 2.57. The Labute approximate surface area is 148 Å². The smallest absolute Gasteiger partial charge is 0.416 e. The van der Waals surface area contributed by atoms with Gasteiger partial charge in [0, 0.05) is 16.9 Å². The number of benzene rings is 1. The molecule has 0 saturated heterocycles. The number of halogens is 4.